The number of aliphatic carboxylic acids is 2. The van der Waals surface area contributed by atoms with Crippen molar-refractivity contribution in [2.75, 3.05) is 45.2 Å². The van der Waals surface area contributed by atoms with Crippen LogP contribution in [0.1, 0.15) is 38.1 Å². The lowest BCUT2D eigenvalue weighted by atomic mass is 10.2. The summed E-state index contributed by atoms with van der Waals surface area (Å²) < 4.78 is 33.8. The van der Waals surface area contributed by atoms with Crippen molar-refractivity contribution in [3.63, 3.8) is 0 Å². The van der Waals surface area contributed by atoms with Gasteiger partial charge in [-0.3, -0.25) is 14.5 Å². The van der Waals surface area contributed by atoms with Gasteiger partial charge in [-0.25, -0.2) is 8.42 Å². The van der Waals surface area contributed by atoms with E-state index in [9.17, 15) is 18.0 Å². The van der Waals surface area contributed by atoms with E-state index in [1.807, 2.05) is 31.3 Å². The molecule has 0 amide bonds. The van der Waals surface area contributed by atoms with Gasteiger partial charge in [0.05, 0.1) is 37.4 Å². The molecule has 11 nitrogen and oxygen atoms in total. The second kappa shape index (κ2) is 14.2. The monoisotopic (exact) mass is 552 g/mol. The lowest BCUT2D eigenvalue weighted by Gasteiger charge is -2.36. The third kappa shape index (κ3) is 8.74. The number of carboxylic acid groups (broad SMARTS) is 2. The van der Waals surface area contributed by atoms with Crippen molar-refractivity contribution in [3.05, 3.63) is 47.8 Å². The highest BCUT2D eigenvalue weighted by molar-refractivity contribution is 7.89. The lowest BCUT2D eigenvalue weighted by Crippen LogP contribution is -2.46. The molecule has 2 aromatic rings. The van der Waals surface area contributed by atoms with Crippen LogP contribution in [0.5, 0.6) is 5.75 Å². The Morgan fingerprint density at radius 3 is 2.05 bits per heavy atom. The molecule has 2 N–H and O–H groups in total. The van der Waals surface area contributed by atoms with Crippen LogP contribution in [0, 0.1) is 0 Å². The molecule has 0 radical (unpaired) electrons. The van der Waals surface area contributed by atoms with Gasteiger partial charge in [0.2, 0.25) is 10.0 Å². The van der Waals surface area contributed by atoms with Crippen LogP contribution in [0.15, 0.2) is 36.4 Å². The maximum Gasteiger partial charge on any atom is 0.303 e. The first-order valence-corrected chi connectivity index (χ1v) is 14.0. The van der Waals surface area contributed by atoms with Crippen molar-refractivity contribution < 1.29 is 33.0 Å². The topological polar surface area (TPSA) is 133 Å². The molecule has 38 heavy (non-hydrogen) atoms. The molecule has 1 aromatic heterocycles. The van der Waals surface area contributed by atoms with Gasteiger partial charge in [-0.05, 0) is 38.1 Å². The van der Waals surface area contributed by atoms with E-state index in [1.54, 1.807) is 28.0 Å². The predicted octanol–water partition coefficient (Wildman–Crippen LogP) is 2.46. The number of hydrogen-bond acceptors (Lipinski definition) is 7. The number of methoxy groups -OCH3 is 1. The lowest BCUT2D eigenvalue weighted by molar-refractivity contribution is -0.143. The molecule has 2 heterocycles. The smallest absolute Gasteiger partial charge is 0.303 e. The zero-order valence-electron chi connectivity index (χ0n) is 22.8. The highest BCUT2D eigenvalue weighted by atomic mass is 32.2. The second-order valence-corrected chi connectivity index (χ2v) is 12.0. The number of rotatable bonds is 11. The van der Waals surface area contributed by atoms with E-state index in [0.29, 0.717) is 6.54 Å². The van der Waals surface area contributed by atoms with Crippen molar-refractivity contribution >= 4 is 27.6 Å². The van der Waals surface area contributed by atoms with Gasteiger partial charge in [0.1, 0.15) is 5.75 Å². The van der Waals surface area contributed by atoms with E-state index in [4.69, 9.17) is 14.9 Å². The SMILES string of the molecule is COc1ccccc1N1CCN(Cc2ccc(CN(C)S(=O)(=O)C(C)C)n2C)CC1.O=C(O)CCC(=O)O. The maximum absolute atomic E-state index is 12.4. The van der Waals surface area contributed by atoms with Crippen LogP contribution in [-0.2, 0) is 39.7 Å². The fraction of sp³-hybridized carbons (Fsp3) is 0.538. The molecule has 1 aromatic carbocycles. The minimum absolute atomic E-state index is 0.296. The Hall–Kier alpha value is -3.09. The first-order chi connectivity index (χ1) is 17.9. The normalized spacial score (nSPS) is 14.3. The zero-order chi connectivity index (χ0) is 28.5. The van der Waals surface area contributed by atoms with Crippen LogP contribution in [0.25, 0.3) is 0 Å². The number of piperazine rings is 1. The third-order valence-corrected chi connectivity index (χ3v) is 8.67. The minimum atomic E-state index is -3.25. The van der Waals surface area contributed by atoms with Gasteiger partial charge >= 0.3 is 11.9 Å². The molecule has 0 saturated carbocycles. The number of anilines is 1. The van der Waals surface area contributed by atoms with Crippen LogP contribution >= 0.6 is 0 Å². The van der Waals surface area contributed by atoms with E-state index in [2.05, 4.69) is 26.5 Å². The molecular weight excluding hydrogens is 512 g/mol. The quantitative estimate of drug-likeness (QED) is 0.431. The van der Waals surface area contributed by atoms with E-state index in [1.165, 1.54) is 10.00 Å². The molecule has 3 rings (SSSR count). The van der Waals surface area contributed by atoms with Gasteiger partial charge in [-0.2, -0.15) is 4.31 Å². The Morgan fingerprint density at radius 1 is 0.974 bits per heavy atom. The summed E-state index contributed by atoms with van der Waals surface area (Å²) >= 11 is 0. The standard InChI is InChI=1S/C22H34N4O3S.C4H6O4/c1-18(2)30(27,28)23(3)16-19-10-11-20(24(19)4)17-25-12-14-26(15-13-25)21-8-6-7-9-22(21)29-5;5-3(6)1-2-4(7)8/h6-11,18H,12-17H2,1-5H3;1-2H2,(H,5,6)(H,7,8). The molecular formula is C26H40N4O7S. The molecule has 0 spiro atoms. The van der Waals surface area contributed by atoms with E-state index in [-0.39, 0.29) is 12.8 Å². The van der Waals surface area contributed by atoms with Crippen LogP contribution < -0.4 is 9.64 Å². The molecule has 0 unspecified atom stereocenters. The predicted molar refractivity (Wildman–Crippen MR) is 146 cm³/mol. The number of carboxylic acids is 2. The van der Waals surface area contributed by atoms with Crippen LogP contribution in [0.4, 0.5) is 5.69 Å². The summed E-state index contributed by atoms with van der Waals surface area (Å²) in [4.78, 5) is 24.1. The van der Waals surface area contributed by atoms with E-state index < -0.39 is 27.2 Å². The Labute approximate surface area is 225 Å². The fourth-order valence-corrected chi connectivity index (χ4v) is 5.11. The number of aromatic nitrogens is 1. The number of hydrogen-bond donors (Lipinski definition) is 2. The Balaban J connectivity index is 0.000000550. The van der Waals surface area contributed by atoms with Crippen molar-refractivity contribution in [2.24, 2.45) is 7.05 Å². The third-order valence-electron chi connectivity index (χ3n) is 6.48. The average molecular weight is 553 g/mol. The van der Waals surface area contributed by atoms with Gasteiger partial charge in [-0.15, -0.1) is 0 Å². The molecule has 1 aliphatic heterocycles. The van der Waals surface area contributed by atoms with E-state index >= 15 is 0 Å². The Kier molecular flexibility index (Phi) is 11.6. The number of carbonyl (C=O) groups is 2. The minimum Gasteiger partial charge on any atom is -0.495 e. The average Bonchev–Trinajstić information content (AvgIpc) is 3.22. The zero-order valence-corrected chi connectivity index (χ0v) is 23.6. The van der Waals surface area contributed by atoms with Crippen LogP contribution in [-0.4, -0.2) is 89.9 Å². The van der Waals surface area contributed by atoms with Gasteiger partial charge in [0, 0.05) is 58.2 Å². The Bertz CT molecular complexity index is 1160. The molecule has 212 valence electrons. The van der Waals surface area contributed by atoms with Gasteiger partial charge in [0.25, 0.3) is 0 Å². The van der Waals surface area contributed by atoms with Gasteiger partial charge < -0.3 is 24.4 Å². The molecule has 1 aliphatic rings. The number of ether oxygens (including phenoxy) is 1. The summed E-state index contributed by atoms with van der Waals surface area (Å²) in [6.07, 6.45) is -0.593. The number of para-hydroxylation sites is 2. The number of sulfonamides is 1. The van der Waals surface area contributed by atoms with Crippen molar-refractivity contribution in [3.8, 4) is 5.75 Å². The van der Waals surface area contributed by atoms with Gasteiger partial charge in [-0.1, -0.05) is 12.1 Å². The van der Waals surface area contributed by atoms with Crippen LogP contribution in [0.2, 0.25) is 0 Å². The summed E-state index contributed by atoms with van der Waals surface area (Å²) in [5.41, 5.74) is 3.35. The summed E-state index contributed by atoms with van der Waals surface area (Å²) in [5, 5.41) is 15.4. The van der Waals surface area contributed by atoms with Crippen molar-refractivity contribution in [1.82, 2.24) is 13.8 Å². The molecule has 0 aliphatic carbocycles. The Morgan fingerprint density at radius 2 is 1.53 bits per heavy atom. The fourth-order valence-electron chi connectivity index (χ4n) is 4.08. The first kappa shape index (κ1) is 31.1. The van der Waals surface area contributed by atoms with Crippen molar-refractivity contribution in [1.29, 1.82) is 0 Å². The highest BCUT2D eigenvalue weighted by Crippen LogP contribution is 2.28. The molecule has 0 bridgehead atoms. The largest absolute Gasteiger partial charge is 0.495 e. The first-order valence-electron chi connectivity index (χ1n) is 12.5. The number of nitrogens with zero attached hydrogens (tertiary/aromatic N) is 4. The summed E-state index contributed by atoms with van der Waals surface area (Å²) in [6, 6.07) is 12.3. The second-order valence-electron chi connectivity index (χ2n) is 9.45. The summed E-state index contributed by atoms with van der Waals surface area (Å²) in [7, 11) is 2.13. The van der Waals surface area contributed by atoms with Gasteiger partial charge in [0.15, 0.2) is 0 Å². The summed E-state index contributed by atoms with van der Waals surface area (Å²) in [5.74, 6) is -1.24. The maximum atomic E-state index is 12.4. The van der Waals surface area contributed by atoms with Crippen molar-refractivity contribution in [2.45, 2.75) is 45.0 Å². The van der Waals surface area contributed by atoms with E-state index in [0.717, 1.165) is 49.9 Å². The molecule has 0 atom stereocenters. The number of benzene rings is 1. The molecule has 1 fully saturated rings. The molecule has 12 heteroatoms. The van der Waals surface area contributed by atoms with Crippen LogP contribution in [0.3, 0.4) is 0 Å². The summed E-state index contributed by atoms with van der Waals surface area (Å²) in [6.45, 7) is 8.52. The molecule has 1 saturated heterocycles. The highest BCUT2D eigenvalue weighted by Gasteiger charge is 2.24.